The first-order chi connectivity index (χ1) is 12.7. The molecule has 0 aliphatic heterocycles. The summed E-state index contributed by atoms with van der Waals surface area (Å²) in [5, 5.41) is 12.9. The Bertz CT molecular complexity index is 909. The van der Waals surface area contributed by atoms with Crippen LogP contribution in [0.5, 0.6) is 0 Å². The van der Waals surface area contributed by atoms with Crippen molar-refractivity contribution in [1.29, 1.82) is 0 Å². The van der Waals surface area contributed by atoms with Crippen molar-refractivity contribution in [2.24, 2.45) is 0 Å². The third-order valence-electron chi connectivity index (χ3n) is 3.35. The summed E-state index contributed by atoms with van der Waals surface area (Å²) in [7, 11) is 0.844. The first-order valence-electron chi connectivity index (χ1n) is 7.70. The first kappa shape index (κ1) is 20.9. The lowest BCUT2D eigenvalue weighted by molar-refractivity contribution is -0.118. The second kappa shape index (κ2) is 8.97. The van der Waals surface area contributed by atoms with Crippen LogP contribution in [0.15, 0.2) is 38.8 Å². The third kappa shape index (κ3) is 5.52. The molecule has 0 radical (unpaired) electrons. The van der Waals surface area contributed by atoms with Gasteiger partial charge in [0, 0.05) is 26.7 Å². The molecule has 1 heterocycles. The number of carbonyl (C=O) groups is 2. The molecular weight excluding hydrogens is 394 g/mol. The van der Waals surface area contributed by atoms with E-state index in [1.165, 1.54) is 45.4 Å². The Morgan fingerprint density at radius 3 is 2.44 bits per heavy atom. The van der Waals surface area contributed by atoms with Crippen LogP contribution >= 0.6 is 11.8 Å². The second-order valence-electron chi connectivity index (χ2n) is 5.42. The molecule has 146 valence electrons. The number of rotatable bonds is 8. The molecule has 12 heteroatoms. The fraction of sp³-hybridized carbons (Fsp3) is 0.333. The van der Waals surface area contributed by atoms with Crippen molar-refractivity contribution in [2.45, 2.75) is 16.7 Å². The molecule has 0 atom stereocenters. The molecule has 0 aliphatic carbocycles. The van der Waals surface area contributed by atoms with Crippen molar-refractivity contribution in [1.82, 2.24) is 25.1 Å². The van der Waals surface area contributed by atoms with E-state index in [9.17, 15) is 18.0 Å². The van der Waals surface area contributed by atoms with Crippen molar-refractivity contribution in [3.8, 4) is 0 Å². The van der Waals surface area contributed by atoms with E-state index < -0.39 is 15.9 Å². The highest BCUT2D eigenvalue weighted by Crippen LogP contribution is 2.16. The number of carbonyl (C=O) groups excluding carboxylic acids is 2. The van der Waals surface area contributed by atoms with E-state index in [1.807, 2.05) is 0 Å². The quantitative estimate of drug-likeness (QED) is 0.582. The fourth-order valence-corrected chi connectivity index (χ4v) is 3.37. The number of benzene rings is 1. The molecule has 0 bridgehead atoms. The lowest BCUT2D eigenvalue weighted by Gasteiger charge is -2.11. The molecule has 0 aliphatic rings. The maximum Gasteiger partial charge on any atom is 0.277 e. The number of nitrogens with zero attached hydrogens (tertiary/aromatic N) is 3. The molecule has 0 fully saturated rings. The summed E-state index contributed by atoms with van der Waals surface area (Å²) in [6, 6.07) is 5.57. The van der Waals surface area contributed by atoms with E-state index in [0.717, 1.165) is 16.1 Å². The molecule has 2 N–H and O–H groups in total. The molecule has 1 aromatic heterocycles. The Morgan fingerprint density at radius 2 is 1.85 bits per heavy atom. The number of sulfonamides is 1. The van der Waals surface area contributed by atoms with Crippen LogP contribution in [0.4, 0.5) is 0 Å². The van der Waals surface area contributed by atoms with Gasteiger partial charge in [-0.15, -0.1) is 10.2 Å². The smallest absolute Gasteiger partial charge is 0.277 e. The van der Waals surface area contributed by atoms with Gasteiger partial charge in [-0.1, -0.05) is 11.8 Å². The van der Waals surface area contributed by atoms with Crippen LogP contribution in [0, 0.1) is 0 Å². The summed E-state index contributed by atoms with van der Waals surface area (Å²) >= 11 is 1.08. The van der Waals surface area contributed by atoms with Crippen LogP contribution in [-0.2, 0) is 21.4 Å². The van der Waals surface area contributed by atoms with E-state index >= 15 is 0 Å². The van der Waals surface area contributed by atoms with E-state index in [0.29, 0.717) is 5.56 Å². The maximum atomic E-state index is 12.2. The van der Waals surface area contributed by atoms with Crippen LogP contribution in [0.2, 0.25) is 0 Å². The first-order valence-corrected chi connectivity index (χ1v) is 10.1. The van der Waals surface area contributed by atoms with Gasteiger partial charge >= 0.3 is 0 Å². The molecule has 2 rings (SSSR count). The zero-order valence-electron chi connectivity index (χ0n) is 14.9. The highest BCUT2D eigenvalue weighted by Gasteiger charge is 2.17. The highest BCUT2D eigenvalue weighted by atomic mass is 32.2. The molecule has 10 nitrogen and oxygen atoms in total. The SMILES string of the molecule is CNC(=O)CSc1nnc(CNC(=O)c2ccc(S(=O)(=O)N(C)C)cc2)o1. The molecule has 2 amide bonds. The van der Waals surface area contributed by atoms with Gasteiger partial charge in [-0.2, -0.15) is 0 Å². The summed E-state index contributed by atoms with van der Waals surface area (Å²) in [5.41, 5.74) is 0.293. The van der Waals surface area contributed by atoms with Gasteiger partial charge in [0.15, 0.2) is 0 Å². The minimum Gasteiger partial charge on any atom is -0.414 e. The standard InChI is InChI=1S/C15H19N5O5S2/c1-16-12(21)9-26-15-19-18-13(25-15)8-17-14(22)10-4-6-11(7-5-10)27(23,24)20(2)3/h4-7H,8-9H2,1-3H3,(H,16,21)(H,17,22). The normalized spacial score (nSPS) is 11.4. The minimum atomic E-state index is -3.55. The summed E-state index contributed by atoms with van der Waals surface area (Å²) in [6.45, 7) is 0.00408. The largest absolute Gasteiger partial charge is 0.414 e. The zero-order chi connectivity index (χ0) is 20.0. The molecule has 1 aromatic carbocycles. The van der Waals surface area contributed by atoms with Crippen LogP contribution in [0.3, 0.4) is 0 Å². The summed E-state index contributed by atoms with van der Waals surface area (Å²) in [6.07, 6.45) is 0. The van der Waals surface area contributed by atoms with Crippen LogP contribution in [0.25, 0.3) is 0 Å². The number of aromatic nitrogens is 2. The molecule has 0 unspecified atom stereocenters. The van der Waals surface area contributed by atoms with Crippen molar-refractivity contribution < 1.29 is 22.4 Å². The van der Waals surface area contributed by atoms with Gasteiger partial charge in [-0.3, -0.25) is 9.59 Å². The topological polar surface area (TPSA) is 134 Å². The monoisotopic (exact) mass is 413 g/mol. The van der Waals surface area contributed by atoms with Crippen LogP contribution in [0.1, 0.15) is 16.2 Å². The number of hydrogen-bond acceptors (Lipinski definition) is 8. The molecule has 27 heavy (non-hydrogen) atoms. The Kier molecular flexibility index (Phi) is 6.93. The third-order valence-corrected chi connectivity index (χ3v) is 6.00. The summed E-state index contributed by atoms with van der Waals surface area (Å²) in [5.74, 6) is -0.254. The van der Waals surface area contributed by atoms with E-state index in [4.69, 9.17) is 4.42 Å². The van der Waals surface area contributed by atoms with Crippen LogP contribution in [-0.4, -0.2) is 61.6 Å². The van der Waals surface area contributed by atoms with Gasteiger partial charge in [0.05, 0.1) is 17.2 Å². The second-order valence-corrected chi connectivity index (χ2v) is 8.50. The van der Waals surface area contributed by atoms with E-state index in [2.05, 4.69) is 20.8 Å². The summed E-state index contributed by atoms with van der Waals surface area (Å²) < 4.78 is 30.4. The average Bonchev–Trinajstić information content (AvgIpc) is 3.12. The molecule has 0 saturated carbocycles. The van der Waals surface area contributed by atoms with Gasteiger partial charge in [-0.05, 0) is 24.3 Å². The Morgan fingerprint density at radius 1 is 1.19 bits per heavy atom. The minimum absolute atomic E-state index is 0.00408. The van der Waals surface area contributed by atoms with Gasteiger partial charge in [0.2, 0.25) is 21.8 Å². The molecule has 0 spiro atoms. The summed E-state index contributed by atoms with van der Waals surface area (Å²) in [4.78, 5) is 23.4. The van der Waals surface area contributed by atoms with Gasteiger partial charge in [-0.25, -0.2) is 12.7 Å². The van der Waals surface area contributed by atoms with Crippen molar-refractivity contribution in [3.05, 3.63) is 35.7 Å². The number of thioether (sulfide) groups is 1. The van der Waals surface area contributed by atoms with Crippen molar-refractivity contribution in [3.63, 3.8) is 0 Å². The van der Waals surface area contributed by atoms with Crippen molar-refractivity contribution in [2.75, 3.05) is 26.9 Å². The predicted molar refractivity (Wildman–Crippen MR) is 97.6 cm³/mol. The van der Waals surface area contributed by atoms with Crippen LogP contribution < -0.4 is 10.6 Å². The Hall–Kier alpha value is -2.44. The lowest BCUT2D eigenvalue weighted by Crippen LogP contribution is -2.24. The number of nitrogens with one attached hydrogen (secondary N) is 2. The van der Waals surface area contributed by atoms with E-state index in [1.54, 1.807) is 0 Å². The predicted octanol–water partition coefficient (Wildman–Crippen LogP) is 0.0880. The number of hydrogen-bond donors (Lipinski definition) is 2. The molecule has 0 saturated heterocycles. The number of amides is 2. The molecule has 2 aromatic rings. The highest BCUT2D eigenvalue weighted by molar-refractivity contribution is 7.99. The Labute approximate surface area is 160 Å². The fourth-order valence-electron chi connectivity index (χ4n) is 1.81. The van der Waals surface area contributed by atoms with Gasteiger partial charge < -0.3 is 15.1 Å². The van der Waals surface area contributed by atoms with Gasteiger partial charge in [0.1, 0.15) is 0 Å². The van der Waals surface area contributed by atoms with Gasteiger partial charge in [0.25, 0.3) is 11.1 Å². The maximum absolute atomic E-state index is 12.2. The lowest BCUT2D eigenvalue weighted by atomic mass is 10.2. The van der Waals surface area contributed by atoms with E-state index in [-0.39, 0.29) is 34.2 Å². The molecular formula is C15H19N5O5S2. The zero-order valence-corrected chi connectivity index (χ0v) is 16.6. The average molecular weight is 413 g/mol. The van der Waals surface area contributed by atoms with Crippen molar-refractivity contribution >= 4 is 33.6 Å². The Balaban J connectivity index is 1.92.